The molecule has 1 atom stereocenters. The van der Waals surface area contributed by atoms with E-state index in [4.69, 9.17) is 0 Å². The molecule has 1 saturated heterocycles. The summed E-state index contributed by atoms with van der Waals surface area (Å²) in [6.07, 6.45) is -3.04. The standard InChI is InChI=1S/C15H17F3N2O2/c1-9(21)12-4-2-11(8-13(12)15(16,17)18)20-10-3-5-14(22)19-7-6-10/h2,4,8,10,20H,3,5-7H2,1H3,(H,19,22). The van der Waals surface area contributed by atoms with Crippen LogP contribution in [0.1, 0.15) is 42.1 Å². The number of rotatable bonds is 3. The van der Waals surface area contributed by atoms with Gasteiger partial charge >= 0.3 is 6.18 Å². The van der Waals surface area contributed by atoms with Crippen molar-refractivity contribution in [2.45, 2.75) is 38.4 Å². The first-order chi connectivity index (χ1) is 10.3. The van der Waals surface area contributed by atoms with E-state index in [9.17, 15) is 22.8 Å². The fraction of sp³-hybridized carbons (Fsp3) is 0.467. The van der Waals surface area contributed by atoms with Crippen LogP contribution in [0, 0.1) is 0 Å². The van der Waals surface area contributed by atoms with E-state index >= 15 is 0 Å². The molecule has 4 nitrogen and oxygen atoms in total. The first-order valence-electron chi connectivity index (χ1n) is 7.03. The molecule has 1 unspecified atom stereocenters. The van der Waals surface area contributed by atoms with Crippen molar-refractivity contribution in [1.29, 1.82) is 0 Å². The highest BCUT2D eigenvalue weighted by molar-refractivity contribution is 5.96. The van der Waals surface area contributed by atoms with Gasteiger partial charge in [0, 0.05) is 30.3 Å². The summed E-state index contributed by atoms with van der Waals surface area (Å²) >= 11 is 0. The van der Waals surface area contributed by atoms with Crippen molar-refractivity contribution in [3.63, 3.8) is 0 Å². The molecule has 2 N–H and O–H groups in total. The fourth-order valence-corrected chi connectivity index (χ4v) is 2.48. The zero-order chi connectivity index (χ0) is 16.3. The predicted octanol–water partition coefficient (Wildman–Crippen LogP) is 2.99. The van der Waals surface area contributed by atoms with Gasteiger partial charge in [-0.25, -0.2) is 0 Å². The molecule has 2 rings (SSSR count). The van der Waals surface area contributed by atoms with Gasteiger partial charge in [-0.1, -0.05) is 0 Å². The molecule has 0 spiro atoms. The summed E-state index contributed by atoms with van der Waals surface area (Å²) in [6, 6.07) is 3.53. The van der Waals surface area contributed by atoms with Crippen molar-refractivity contribution < 1.29 is 22.8 Å². The number of carbonyl (C=O) groups is 2. The molecule has 1 heterocycles. The molecule has 1 aliphatic heterocycles. The van der Waals surface area contributed by atoms with Crippen LogP contribution in [0.15, 0.2) is 18.2 Å². The maximum Gasteiger partial charge on any atom is 0.417 e. The molecule has 0 aliphatic carbocycles. The van der Waals surface area contributed by atoms with E-state index in [2.05, 4.69) is 10.6 Å². The van der Waals surface area contributed by atoms with Gasteiger partial charge in [-0.2, -0.15) is 13.2 Å². The highest BCUT2D eigenvalue weighted by Gasteiger charge is 2.34. The molecule has 120 valence electrons. The third-order valence-corrected chi connectivity index (χ3v) is 3.61. The highest BCUT2D eigenvalue weighted by atomic mass is 19.4. The largest absolute Gasteiger partial charge is 0.417 e. The Morgan fingerprint density at radius 1 is 1.32 bits per heavy atom. The molecule has 1 fully saturated rings. The van der Waals surface area contributed by atoms with Crippen molar-refractivity contribution in [2.24, 2.45) is 0 Å². The van der Waals surface area contributed by atoms with Gasteiger partial charge in [-0.3, -0.25) is 9.59 Å². The number of halogens is 3. The second-order valence-corrected chi connectivity index (χ2v) is 5.33. The van der Waals surface area contributed by atoms with Crippen LogP contribution in [0.25, 0.3) is 0 Å². The lowest BCUT2D eigenvalue weighted by atomic mass is 10.0. The molecule has 1 aliphatic rings. The second-order valence-electron chi connectivity index (χ2n) is 5.33. The van der Waals surface area contributed by atoms with Crippen LogP contribution in [0.3, 0.4) is 0 Å². The number of ketones is 1. The minimum atomic E-state index is -4.58. The van der Waals surface area contributed by atoms with E-state index in [1.165, 1.54) is 12.1 Å². The van der Waals surface area contributed by atoms with Gasteiger partial charge in [0.05, 0.1) is 5.56 Å². The van der Waals surface area contributed by atoms with E-state index in [-0.39, 0.29) is 17.5 Å². The average molecular weight is 314 g/mol. The molecule has 0 bridgehead atoms. The summed E-state index contributed by atoms with van der Waals surface area (Å²) in [5.74, 6) is -0.671. The summed E-state index contributed by atoms with van der Waals surface area (Å²) in [5.41, 5.74) is -0.972. The Labute approximate surface area is 126 Å². The van der Waals surface area contributed by atoms with Crippen LogP contribution < -0.4 is 10.6 Å². The minimum Gasteiger partial charge on any atom is -0.382 e. The third-order valence-electron chi connectivity index (χ3n) is 3.61. The molecule has 22 heavy (non-hydrogen) atoms. The van der Waals surface area contributed by atoms with E-state index in [1.54, 1.807) is 0 Å². The lowest BCUT2D eigenvalue weighted by molar-refractivity contribution is -0.137. The van der Waals surface area contributed by atoms with Crippen LogP contribution in [0.5, 0.6) is 0 Å². The van der Waals surface area contributed by atoms with E-state index in [0.717, 1.165) is 13.0 Å². The molecular formula is C15H17F3N2O2. The molecule has 1 aromatic carbocycles. The third kappa shape index (κ3) is 3.99. The number of Topliss-reactive ketones (excluding diaryl/α,β-unsaturated/α-hetero) is 1. The molecule has 0 saturated carbocycles. The van der Waals surface area contributed by atoms with E-state index < -0.39 is 17.5 Å². The van der Waals surface area contributed by atoms with Gasteiger partial charge in [0.15, 0.2) is 5.78 Å². The lowest BCUT2D eigenvalue weighted by Gasteiger charge is -2.19. The Morgan fingerprint density at radius 2 is 2.05 bits per heavy atom. The summed E-state index contributed by atoms with van der Waals surface area (Å²) in [7, 11) is 0. The molecule has 7 heteroatoms. The zero-order valence-corrected chi connectivity index (χ0v) is 12.1. The Hall–Kier alpha value is -2.05. The van der Waals surface area contributed by atoms with Crippen LogP contribution in [-0.2, 0) is 11.0 Å². The Kier molecular flexibility index (Phi) is 4.73. The van der Waals surface area contributed by atoms with Crippen LogP contribution in [0.2, 0.25) is 0 Å². The van der Waals surface area contributed by atoms with Gasteiger partial charge in [0.25, 0.3) is 0 Å². The quantitative estimate of drug-likeness (QED) is 0.843. The van der Waals surface area contributed by atoms with Gasteiger partial charge in [0.1, 0.15) is 0 Å². The number of carbonyl (C=O) groups excluding carboxylic acids is 2. The van der Waals surface area contributed by atoms with Crippen LogP contribution in [0.4, 0.5) is 18.9 Å². The van der Waals surface area contributed by atoms with Crippen molar-refractivity contribution in [3.05, 3.63) is 29.3 Å². The van der Waals surface area contributed by atoms with Gasteiger partial charge in [0.2, 0.25) is 5.91 Å². The smallest absolute Gasteiger partial charge is 0.382 e. The summed E-state index contributed by atoms with van der Waals surface area (Å²) in [4.78, 5) is 22.6. The Bertz CT molecular complexity index is 585. The van der Waals surface area contributed by atoms with E-state index in [1.807, 2.05) is 0 Å². The minimum absolute atomic E-state index is 0.0489. The van der Waals surface area contributed by atoms with Crippen molar-refractivity contribution >= 4 is 17.4 Å². The number of amides is 1. The number of anilines is 1. The molecule has 1 amide bonds. The normalized spacial score (nSPS) is 19.3. The lowest BCUT2D eigenvalue weighted by Crippen LogP contribution is -2.23. The maximum absolute atomic E-state index is 13.0. The SMILES string of the molecule is CC(=O)c1ccc(NC2CCNC(=O)CC2)cc1C(F)(F)F. The van der Waals surface area contributed by atoms with Crippen molar-refractivity contribution in [2.75, 3.05) is 11.9 Å². The topological polar surface area (TPSA) is 58.2 Å². The summed E-state index contributed by atoms with van der Waals surface area (Å²) < 4.78 is 39.1. The fourth-order valence-electron chi connectivity index (χ4n) is 2.48. The Balaban J connectivity index is 2.21. The van der Waals surface area contributed by atoms with Crippen LogP contribution in [-0.4, -0.2) is 24.3 Å². The number of alkyl halides is 3. The van der Waals surface area contributed by atoms with Crippen molar-refractivity contribution in [3.8, 4) is 0 Å². The van der Waals surface area contributed by atoms with Crippen LogP contribution >= 0.6 is 0 Å². The number of benzene rings is 1. The van der Waals surface area contributed by atoms with Gasteiger partial charge in [-0.15, -0.1) is 0 Å². The maximum atomic E-state index is 13.0. The second kappa shape index (κ2) is 6.37. The molecular weight excluding hydrogens is 297 g/mol. The molecule has 0 radical (unpaired) electrons. The monoisotopic (exact) mass is 314 g/mol. The highest BCUT2D eigenvalue weighted by Crippen LogP contribution is 2.34. The van der Waals surface area contributed by atoms with Crippen molar-refractivity contribution in [1.82, 2.24) is 5.32 Å². The molecule has 0 aromatic heterocycles. The number of hydrogen-bond donors (Lipinski definition) is 2. The van der Waals surface area contributed by atoms with Gasteiger partial charge < -0.3 is 10.6 Å². The Morgan fingerprint density at radius 3 is 2.68 bits per heavy atom. The predicted molar refractivity (Wildman–Crippen MR) is 75.7 cm³/mol. The average Bonchev–Trinajstić information content (AvgIpc) is 2.62. The molecule has 1 aromatic rings. The first kappa shape index (κ1) is 16.3. The summed E-state index contributed by atoms with van der Waals surface area (Å²) in [5, 5.41) is 5.73. The zero-order valence-electron chi connectivity index (χ0n) is 12.1. The first-order valence-corrected chi connectivity index (χ1v) is 7.03. The van der Waals surface area contributed by atoms with E-state index in [0.29, 0.717) is 31.5 Å². The van der Waals surface area contributed by atoms with Gasteiger partial charge in [-0.05, 0) is 38.0 Å². The number of nitrogens with one attached hydrogen (secondary N) is 2. The summed E-state index contributed by atoms with van der Waals surface area (Å²) in [6.45, 7) is 1.61. The number of hydrogen-bond acceptors (Lipinski definition) is 3.